The Bertz CT molecular complexity index is 505. The highest BCUT2D eigenvalue weighted by Crippen LogP contribution is 2.39. The Balaban J connectivity index is 2.25. The van der Waals surface area contributed by atoms with Crippen LogP contribution in [0.2, 0.25) is 0 Å². The highest BCUT2D eigenvalue weighted by Gasteiger charge is 2.40. The smallest absolute Gasteiger partial charge is 0.471 e. The minimum Gasteiger partial charge on any atom is -0.476 e. The summed E-state index contributed by atoms with van der Waals surface area (Å²) in [5.74, 6) is -4.03. The lowest BCUT2D eigenvalue weighted by molar-refractivity contribution is -0.167. The molecular weight excluding hydrogens is 255 g/mol. The lowest BCUT2D eigenvalue weighted by Crippen LogP contribution is -2.30. The average Bonchev–Trinajstić information content (AvgIpc) is 2.99. The highest BCUT2D eigenvalue weighted by atomic mass is 19.4. The van der Waals surface area contributed by atoms with Crippen LogP contribution in [0.5, 0.6) is 0 Å². The number of alkyl halides is 3. The average molecular weight is 263 g/mol. The second kappa shape index (κ2) is 4.00. The number of nitrogens with one attached hydrogen (secondary N) is 2. The molecule has 1 fully saturated rings. The molecule has 0 saturated heterocycles. The van der Waals surface area contributed by atoms with Crippen LogP contribution < -0.4 is 5.32 Å². The number of amides is 1. The molecule has 98 valence electrons. The van der Waals surface area contributed by atoms with Crippen molar-refractivity contribution in [3.8, 4) is 0 Å². The predicted molar refractivity (Wildman–Crippen MR) is 52.2 cm³/mol. The number of nitrogens with zero attached hydrogens (tertiary/aromatic N) is 1. The first-order valence-corrected chi connectivity index (χ1v) is 5.00. The van der Waals surface area contributed by atoms with Gasteiger partial charge in [-0.2, -0.15) is 13.2 Å². The van der Waals surface area contributed by atoms with Gasteiger partial charge in [0.05, 0.1) is 0 Å². The van der Waals surface area contributed by atoms with Crippen LogP contribution >= 0.6 is 0 Å². The van der Waals surface area contributed by atoms with E-state index in [0.717, 1.165) is 12.8 Å². The molecule has 6 nitrogen and oxygen atoms in total. The van der Waals surface area contributed by atoms with Crippen LogP contribution in [-0.4, -0.2) is 33.1 Å². The molecule has 0 aromatic carbocycles. The number of H-pyrrole nitrogens is 1. The zero-order chi connectivity index (χ0) is 13.5. The summed E-state index contributed by atoms with van der Waals surface area (Å²) in [6.07, 6.45) is -3.51. The molecule has 0 bridgehead atoms. The van der Waals surface area contributed by atoms with Gasteiger partial charge in [0, 0.05) is 5.92 Å². The SMILES string of the molecule is O=C(O)c1[nH]c(C2CC2)nc1NC(=O)C(F)(F)F. The summed E-state index contributed by atoms with van der Waals surface area (Å²) in [6, 6.07) is 0. The number of hydrogen-bond acceptors (Lipinski definition) is 3. The molecule has 1 aromatic rings. The Morgan fingerprint density at radius 3 is 2.44 bits per heavy atom. The summed E-state index contributed by atoms with van der Waals surface area (Å²) in [6.45, 7) is 0. The number of imidazole rings is 1. The van der Waals surface area contributed by atoms with Gasteiger partial charge in [-0.25, -0.2) is 9.78 Å². The maximum atomic E-state index is 12.0. The fourth-order valence-corrected chi connectivity index (χ4v) is 1.37. The minimum atomic E-state index is -5.09. The van der Waals surface area contributed by atoms with Gasteiger partial charge < -0.3 is 15.4 Å². The molecule has 1 saturated carbocycles. The highest BCUT2D eigenvalue weighted by molar-refractivity contribution is 6.00. The number of carbonyl (C=O) groups excluding carboxylic acids is 1. The molecule has 2 rings (SSSR count). The summed E-state index contributed by atoms with van der Waals surface area (Å²) >= 11 is 0. The number of carboxylic acid groups (broad SMARTS) is 1. The predicted octanol–water partition coefficient (Wildman–Crippen LogP) is 1.49. The standard InChI is InChI=1S/C9H8F3N3O3/c10-9(11,12)8(18)15-6-4(7(16)17)13-5(14-6)3-1-2-3/h3H,1-2H2,(H,13,14)(H,15,18)(H,16,17). The number of carbonyl (C=O) groups is 2. The first kappa shape index (κ1) is 12.4. The van der Waals surface area contributed by atoms with Crippen molar-refractivity contribution in [1.82, 2.24) is 9.97 Å². The summed E-state index contributed by atoms with van der Waals surface area (Å²) in [5, 5.41) is 10.2. The molecular formula is C9H8F3N3O3. The Morgan fingerprint density at radius 1 is 1.39 bits per heavy atom. The van der Waals surface area contributed by atoms with Gasteiger partial charge in [-0.1, -0.05) is 0 Å². The molecule has 1 heterocycles. The molecule has 1 amide bonds. The second-order valence-corrected chi connectivity index (χ2v) is 3.88. The Hall–Kier alpha value is -2.06. The molecule has 1 aromatic heterocycles. The monoisotopic (exact) mass is 263 g/mol. The van der Waals surface area contributed by atoms with Gasteiger partial charge in [0.2, 0.25) is 0 Å². The van der Waals surface area contributed by atoms with E-state index in [1.54, 1.807) is 0 Å². The Morgan fingerprint density at radius 2 is 2.00 bits per heavy atom. The van der Waals surface area contributed by atoms with Crippen LogP contribution in [0.3, 0.4) is 0 Å². The van der Waals surface area contributed by atoms with Gasteiger partial charge >= 0.3 is 18.1 Å². The summed E-state index contributed by atoms with van der Waals surface area (Å²) in [4.78, 5) is 27.6. The van der Waals surface area contributed by atoms with Gasteiger partial charge in [0.1, 0.15) is 5.82 Å². The van der Waals surface area contributed by atoms with Crippen LogP contribution in [0, 0.1) is 0 Å². The Labute approximate surface area is 98.2 Å². The molecule has 1 aliphatic rings. The first-order valence-electron chi connectivity index (χ1n) is 5.00. The molecule has 0 aliphatic heterocycles. The third-order valence-electron chi connectivity index (χ3n) is 2.39. The molecule has 0 spiro atoms. The van der Waals surface area contributed by atoms with Crippen molar-refractivity contribution in [1.29, 1.82) is 0 Å². The van der Waals surface area contributed by atoms with Gasteiger partial charge in [-0.05, 0) is 12.8 Å². The molecule has 0 atom stereocenters. The van der Waals surface area contributed by atoms with E-state index in [-0.39, 0.29) is 11.7 Å². The fraction of sp³-hybridized carbons (Fsp3) is 0.444. The number of rotatable bonds is 3. The second-order valence-electron chi connectivity index (χ2n) is 3.88. The van der Waals surface area contributed by atoms with Gasteiger partial charge in [-0.15, -0.1) is 0 Å². The van der Waals surface area contributed by atoms with Gasteiger partial charge in [0.25, 0.3) is 0 Å². The molecule has 1 aliphatic carbocycles. The van der Waals surface area contributed by atoms with Gasteiger partial charge in [-0.3, -0.25) is 4.79 Å². The number of anilines is 1. The zero-order valence-electron chi connectivity index (χ0n) is 8.84. The lowest BCUT2D eigenvalue weighted by Gasteiger charge is -2.05. The molecule has 0 radical (unpaired) electrons. The normalized spacial score (nSPS) is 15.5. The number of carboxylic acids is 1. The summed E-state index contributed by atoms with van der Waals surface area (Å²) in [5.41, 5.74) is -0.547. The van der Waals surface area contributed by atoms with Crippen LogP contribution in [0.4, 0.5) is 19.0 Å². The number of aromatic carboxylic acids is 1. The van der Waals surface area contributed by atoms with Crippen LogP contribution in [0.25, 0.3) is 0 Å². The maximum Gasteiger partial charge on any atom is 0.471 e. The van der Waals surface area contributed by atoms with E-state index in [2.05, 4.69) is 9.97 Å². The largest absolute Gasteiger partial charge is 0.476 e. The quantitative estimate of drug-likeness (QED) is 0.769. The minimum absolute atomic E-state index is 0.0274. The fourth-order valence-electron chi connectivity index (χ4n) is 1.37. The van der Waals surface area contributed by atoms with E-state index < -0.39 is 29.6 Å². The molecule has 3 N–H and O–H groups in total. The van der Waals surface area contributed by atoms with E-state index in [1.165, 1.54) is 5.32 Å². The third kappa shape index (κ3) is 2.44. The van der Waals surface area contributed by atoms with Crippen LogP contribution in [0.1, 0.15) is 35.1 Å². The first-order chi connectivity index (χ1) is 8.29. The number of aromatic nitrogens is 2. The van der Waals surface area contributed by atoms with Crippen molar-refractivity contribution in [2.24, 2.45) is 0 Å². The maximum absolute atomic E-state index is 12.0. The topological polar surface area (TPSA) is 95.1 Å². The van der Waals surface area contributed by atoms with Crippen molar-refractivity contribution in [3.63, 3.8) is 0 Å². The van der Waals surface area contributed by atoms with Crippen LogP contribution in [0.15, 0.2) is 0 Å². The van der Waals surface area contributed by atoms with E-state index >= 15 is 0 Å². The molecule has 0 unspecified atom stereocenters. The van der Waals surface area contributed by atoms with E-state index in [9.17, 15) is 22.8 Å². The van der Waals surface area contributed by atoms with Gasteiger partial charge in [0.15, 0.2) is 11.5 Å². The van der Waals surface area contributed by atoms with E-state index in [0.29, 0.717) is 0 Å². The van der Waals surface area contributed by atoms with Crippen molar-refractivity contribution < 1.29 is 27.9 Å². The Kier molecular flexibility index (Phi) is 2.76. The van der Waals surface area contributed by atoms with Crippen molar-refractivity contribution >= 4 is 17.7 Å². The molecule has 18 heavy (non-hydrogen) atoms. The number of halogens is 3. The zero-order valence-corrected chi connectivity index (χ0v) is 8.84. The third-order valence-corrected chi connectivity index (χ3v) is 2.39. The summed E-state index contributed by atoms with van der Waals surface area (Å²) in [7, 11) is 0. The van der Waals surface area contributed by atoms with Crippen LogP contribution in [-0.2, 0) is 4.79 Å². The lowest BCUT2D eigenvalue weighted by atomic mass is 10.4. The van der Waals surface area contributed by atoms with E-state index in [4.69, 9.17) is 5.11 Å². The van der Waals surface area contributed by atoms with E-state index in [1.807, 2.05) is 0 Å². The van der Waals surface area contributed by atoms with Crippen molar-refractivity contribution in [2.45, 2.75) is 24.9 Å². The number of aromatic amines is 1. The molecule has 9 heteroatoms. The van der Waals surface area contributed by atoms with Crippen molar-refractivity contribution in [3.05, 3.63) is 11.5 Å². The number of hydrogen-bond donors (Lipinski definition) is 3. The summed E-state index contributed by atoms with van der Waals surface area (Å²) < 4.78 is 36.1. The van der Waals surface area contributed by atoms with Crippen molar-refractivity contribution in [2.75, 3.05) is 5.32 Å².